The summed E-state index contributed by atoms with van der Waals surface area (Å²) in [4.78, 5) is 4.52. The highest BCUT2D eigenvalue weighted by atomic mass is 14.7. The van der Waals surface area contributed by atoms with Crippen molar-refractivity contribution in [1.29, 1.82) is 0 Å². The molecule has 1 nitrogen and oxygen atoms in total. The largest absolute Gasteiger partial charge is 0.281 e. The molecule has 0 aliphatic carbocycles. The van der Waals surface area contributed by atoms with Crippen LogP contribution in [0, 0.1) is 0 Å². The molecule has 0 saturated carbocycles. The van der Waals surface area contributed by atoms with Crippen LogP contribution in [-0.2, 0) is 0 Å². The van der Waals surface area contributed by atoms with Crippen molar-refractivity contribution in [2.24, 2.45) is 0 Å². The lowest BCUT2D eigenvalue weighted by atomic mass is 9.70. The molecule has 1 aromatic heterocycles. The van der Waals surface area contributed by atoms with Crippen molar-refractivity contribution in [3.8, 4) is 0 Å². The van der Waals surface area contributed by atoms with Crippen LogP contribution in [0.25, 0.3) is 0 Å². The molecule has 0 fully saturated rings. The summed E-state index contributed by atoms with van der Waals surface area (Å²) in [6, 6.07) is 0. The van der Waals surface area contributed by atoms with E-state index in [2.05, 4.69) is 50.2 Å². The van der Waals surface area contributed by atoms with Crippen LogP contribution < -0.4 is 22.1 Å². The second-order valence-electron chi connectivity index (χ2n) is 4.10. The molecule has 0 aliphatic heterocycles. The van der Waals surface area contributed by atoms with Crippen LogP contribution in [0.5, 0.6) is 0 Å². The summed E-state index contributed by atoms with van der Waals surface area (Å²) in [5.74, 6) is 0.598. The van der Waals surface area contributed by atoms with Crippen LogP contribution in [0.3, 0.4) is 0 Å². The van der Waals surface area contributed by atoms with Gasteiger partial charge in [-0.15, -0.1) is 0 Å². The van der Waals surface area contributed by atoms with E-state index in [0.29, 0.717) is 5.92 Å². The van der Waals surface area contributed by atoms with E-state index in [0.717, 1.165) is 0 Å². The van der Waals surface area contributed by atoms with Gasteiger partial charge in [0.1, 0.15) is 15.7 Å². The van der Waals surface area contributed by atoms with Gasteiger partial charge in [0.05, 0.1) is 0 Å². The van der Waals surface area contributed by atoms with Gasteiger partial charge >= 0.3 is 0 Å². The molecule has 0 atom stereocenters. The van der Waals surface area contributed by atoms with E-state index >= 15 is 0 Å². The van der Waals surface area contributed by atoms with Gasteiger partial charge in [-0.3, -0.25) is 4.98 Å². The maximum absolute atomic E-state index is 4.52. The Kier molecular flexibility index (Phi) is 2.94. The number of pyridine rings is 1. The van der Waals surface area contributed by atoms with Gasteiger partial charge in [-0.1, -0.05) is 30.3 Å². The van der Waals surface area contributed by atoms with Gasteiger partial charge in [0.15, 0.2) is 15.7 Å². The fraction of sp³-hybridized carbons (Fsp3) is 0.375. The number of nitrogens with zero attached hydrogens (tertiary/aromatic N) is 1. The molecular formula is C8H15B4N. The van der Waals surface area contributed by atoms with Gasteiger partial charge < -0.3 is 0 Å². The SMILES string of the molecule is Bc1nc(B)c(B)c(C(C)C)c1B. The maximum atomic E-state index is 4.52. The van der Waals surface area contributed by atoms with Crippen LogP contribution in [0.2, 0.25) is 0 Å². The molecule has 0 aliphatic rings. The van der Waals surface area contributed by atoms with E-state index in [4.69, 9.17) is 0 Å². The van der Waals surface area contributed by atoms with Crippen molar-refractivity contribution < 1.29 is 0 Å². The van der Waals surface area contributed by atoms with E-state index in [1.807, 2.05) is 0 Å². The Labute approximate surface area is 84.4 Å². The van der Waals surface area contributed by atoms with Gasteiger partial charge in [-0.05, 0) is 17.1 Å². The summed E-state index contributed by atoms with van der Waals surface area (Å²) >= 11 is 0. The summed E-state index contributed by atoms with van der Waals surface area (Å²) in [5.41, 5.74) is 6.54. The summed E-state index contributed by atoms with van der Waals surface area (Å²) in [6.07, 6.45) is 0. The van der Waals surface area contributed by atoms with Gasteiger partial charge in [0, 0.05) is 0 Å². The van der Waals surface area contributed by atoms with Crippen molar-refractivity contribution in [2.75, 3.05) is 0 Å². The molecule has 64 valence electrons. The first-order valence-electron chi connectivity index (χ1n) is 4.89. The fourth-order valence-electron chi connectivity index (χ4n) is 1.96. The van der Waals surface area contributed by atoms with Crippen LogP contribution in [0.15, 0.2) is 0 Å². The lowest BCUT2D eigenvalue weighted by Crippen LogP contribution is -2.47. The first-order chi connectivity index (χ1) is 5.95. The van der Waals surface area contributed by atoms with Gasteiger partial charge in [-0.2, -0.15) is 0 Å². The molecule has 0 N–H and O–H groups in total. The van der Waals surface area contributed by atoms with Gasteiger partial charge in [0.2, 0.25) is 0 Å². The monoisotopic (exact) mass is 169 g/mol. The highest BCUT2D eigenvalue weighted by molar-refractivity contribution is 6.54. The first kappa shape index (κ1) is 10.5. The topological polar surface area (TPSA) is 12.9 Å². The van der Waals surface area contributed by atoms with Crippen molar-refractivity contribution in [3.05, 3.63) is 5.56 Å². The zero-order chi connectivity index (χ0) is 10.2. The summed E-state index contributed by atoms with van der Waals surface area (Å²) < 4.78 is 0. The van der Waals surface area contributed by atoms with Crippen LogP contribution in [-0.4, -0.2) is 36.4 Å². The van der Waals surface area contributed by atoms with E-state index < -0.39 is 0 Å². The molecule has 13 heavy (non-hydrogen) atoms. The quantitative estimate of drug-likeness (QED) is 0.384. The Bertz CT molecular complexity index is 309. The third-order valence-electron chi connectivity index (χ3n) is 2.81. The normalized spacial score (nSPS) is 10.7. The lowest BCUT2D eigenvalue weighted by Gasteiger charge is -2.18. The molecule has 0 saturated heterocycles. The van der Waals surface area contributed by atoms with E-state index in [-0.39, 0.29) is 0 Å². The van der Waals surface area contributed by atoms with Crippen molar-refractivity contribution in [3.63, 3.8) is 0 Å². The number of rotatable bonds is 1. The van der Waals surface area contributed by atoms with Gasteiger partial charge in [0.25, 0.3) is 0 Å². The Morgan fingerprint density at radius 1 is 0.923 bits per heavy atom. The minimum Gasteiger partial charge on any atom is -0.281 e. The fourth-order valence-corrected chi connectivity index (χ4v) is 1.96. The smallest absolute Gasteiger partial charge is 0.163 e. The standard InChI is InChI=1S/C8H15B4N/c1-3(2)4-5(9)7(11)13-8(12)6(4)10/h3H,9-12H2,1-2H3. The predicted molar refractivity (Wildman–Crippen MR) is 71.0 cm³/mol. The molecule has 0 bridgehead atoms. The summed E-state index contributed by atoms with van der Waals surface area (Å²) in [5, 5.41) is 0. The Balaban J connectivity index is 3.46. The Hall–Kier alpha value is -0.590. The van der Waals surface area contributed by atoms with Crippen molar-refractivity contribution >= 4 is 53.5 Å². The maximum Gasteiger partial charge on any atom is 0.163 e. The molecule has 0 amide bonds. The average Bonchev–Trinajstić information content (AvgIpc) is 2.01. The third-order valence-corrected chi connectivity index (χ3v) is 2.81. The van der Waals surface area contributed by atoms with Crippen LogP contribution >= 0.6 is 0 Å². The minimum atomic E-state index is 0.598. The van der Waals surface area contributed by atoms with Crippen LogP contribution in [0.4, 0.5) is 0 Å². The predicted octanol–water partition coefficient (Wildman–Crippen LogP) is -4.76. The molecule has 0 radical (unpaired) electrons. The number of hydrogen-bond acceptors (Lipinski definition) is 1. The Morgan fingerprint density at radius 2 is 1.31 bits per heavy atom. The second-order valence-corrected chi connectivity index (χ2v) is 4.10. The summed E-state index contributed by atoms with van der Waals surface area (Å²) in [6.45, 7) is 4.49. The average molecular weight is 168 g/mol. The zero-order valence-electron chi connectivity index (χ0n) is 9.52. The van der Waals surface area contributed by atoms with E-state index in [1.54, 1.807) is 0 Å². The lowest BCUT2D eigenvalue weighted by molar-refractivity contribution is 0.880. The zero-order valence-corrected chi connectivity index (χ0v) is 9.52. The highest BCUT2D eigenvalue weighted by Gasteiger charge is 2.10. The van der Waals surface area contributed by atoms with E-state index in [9.17, 15) is 0 Å². The molecule has 5 heteroatoms. The Morgan fingerprint density at radius 3 is 1.62 bits per heavy atom. The highest BCUT2D eigenvalue weighted by Crippen LogP contribution is 2.05. The molecule has 0 unspecified atom stereocenters. The first-order valence-corrected chi connectivity index (χ1v) is 4.89. The molecule has 1 heterocycles. The van der Waals surface area contributed by atoms with Crippen molar-refractivity contribution in [1.82, 2.24) is 4.98 Å². The second kappa shape index (κ2) is 3.65. The summed E-state index contributed by atoms with van der Waals surface area (Å²) in [7, 11) is 8.52. The number of aromatic nitrogens is 1. The molecule has 1 rings (SSSR count). The molecule has 1 aromatic rings. The molecule has 0 spiro atoms. The molecular weight excluding hydrogens is 153 g/mol. The van der Waals surface area contributed by atoms with E-state index in [1.165, 1.54) is 27.7 Å². The third kappa shape index (κ3) is 1.84. The van der Waals surface area contributed by atoms with Crippen LogP contribution in [0.1, 0.15) is 25.3 Å². The molecule has 0 aromatic carbocycles. The number of hydrogen-bond donors (Lipinski definition) is 0. The minimum absolute atomic E-state index is 0.598. The van der Waals surface area contributed by atoms with Crippen molar-refractivity contribution in [2.45, 2.75) is 19.8 Å². The van der Waals surface area contributed by atoms with Gasteiger partial charge in [-0.25, -0.2) is 0 Å².